The SMILES string of the molecule is CCC(C)C(NC(=O)C(CCC(=O)O)NC(=O)C(Cc1c[nH]c2ccccc12)NC(=O)C(N)CCC(=O)O)C(=O)O. The summed E-state index contributed by atoms with van der Waals surface area (Å²) in [5.41, 5.74) is 7.26. The highest BCUT2D eigenvalue weighted by atomic mass is 16.4. The number of carboxylic acids is 3. The zero-order valence-electron chi connectivity index (χ0n) is 22.9. The third-order valence-corrected chi connectivity index (χ3v) is 6.79. The molecule has 14 nitrogen and oxygen atoms in total. The Hall–Kier alpha value is -4.46. The molecule has 0 saturated carbocycles. The number of amides is 3. The number of fused-ring (bicyclic) bond motifs is 1. The van der Waals surface area contributed by atoms with E-state index in [2.05, 4.69) is 20.9 Å². The van der Waals surface area contributed by atoms with Crippen LogP contribution in [0.4, 0.5) is 0 Å². The van der Waals surface area contributed by atoms with Crippen LogP contribution >= 0.6 is 0 Å². The molecule has 5 unspecified atom stereocenters. The van der Waals surface area contributed by atoms with Gasteiger partial charge in [0.05, 0.1) is 6.04 Å². The summed E-state index contributed by atoms with van der Waals surface area (Å²) >= 11 is 0. The molecule has 5 atom stereocenters. The normalized spacial score (nSPS) is 14.7. The predicted molar refractivity (Wildman–Crippen MR) is 147 cm³/mol. The van der Waals surface area contributed by atoms with E-state index in [-0.39, 0.29) is 25.7 Å². The van der Waals surface area contributed by atoms with Gasteiger partial charge in [0.1, 0.15) is 18.1 Å². The summed E-state index contributed by atoms with van der Waals surface area (Å²) < 4.78 is 0. The molecule has 224 valence electrons. The molecule has 14 heteroatoms. The second-order valence-corrected chi connectivity index (χ2v) is 9.87. The van der Waals surface area contributed by atoms with Crippen molar-refractivity contribution in [3.63, 3.8) is 0 Å². The lowest BCUT2D eigenvalue weighted by Crippen LogP contribution is -2.58. The van der Waals surface area contributed by atoms with Crippen LogP contribution in [0.25, 0.3) is 10.9 Å². The van der Waals surface area contributed by atoms with Crippen LogP contribution in [0, 0.1) is 5.92 Å². The van der Waals surface area contributed by atoms with E-state index in [0.29, 0.717) is 12.0 Å². The maximum atomic E-state index is 13.5. The van der Waals surface area contributed by atoms with Crippen molar-refractivity contribution < 1.29 is 44.1 Å². The van der Waals surface area contributed by atoms with Gasteiger partial charge < -0.3 is 42.0 Å². The zero-order valence-corrected chi connectivity index (χ0v) is 22.9. The molecule has 1 heterocycles. The van der Waals surface area contributed by atoms with Gasteiger partial charge in [-0.1, -0.05) is 38.5 Å². The van der Waals surface area contributed by atoms with Crippen LogP contribution in [-0.4, -0.2) is 80.1 Å². The molecule has 2 aromatic rings. The fraction of sp³-hybridized carbons (Fsp3) is 0.481. The average Bonchev–Trinajstić information content (AvgIpc) is 3.33. The van der Waals surface area contributed by atoms with E-state index < -0.39 is 72.1 Å². The Morgan fingerprint density at radius 3 is 2.05 bits per heavy atom. The second-order valence-electron chi connectivity index (χ2n) is 9.87. The van der Waals surface area contributed by atoms with Crippen LogP contribution in [0.5, 0.6) is 0 Å². The first-order valence-electron chi connectivity index (χ1n) is 13.2. The Balaban J connectivity index is 2.32. The molecule has 0 radical (unpaired) electrons. The molecule has 0 fully saturated rings. The molecule has 0 spiro atoms. The van der Waals surface area contributed by atoms with Gasteiger partial charge in [-0.15, -0.1) is 0 Å². The second kappa shape index (κ2) is 15.4. The highest BCUT2D eigenvalue weighted by Gasteiger charge is 2.32. The fourth-order valence-electron chi connectivity index (χ4n) is 4.16. The first-order chi connectivity index (χ1) is 19.3. The van der Waals surface area contributed by atoms with Crippen LogP contribution in [0.15, 0.2) is 30.5 Å². The van der Waals surface area contributed by atoms with Crippen molar-refractivity contribution in [2.24, 2.45) is 11.7 Å². The van der Waals surface area contributed by atoms with Crippen LogP contribution in [0.1, 0.15) is 51.5 Å². The number of aromatic nitrogens is 1. The van der Waals surface area contributed by atoms with E-state index in [0.717, 1.165) is 10.9 Å². The Morgan fingerprint density at radius 2 is 1.44 bits per heavy atom. The molecule has 2 rings (SSSR count). The molecule has 0 bridgehead atoms. The van der Waals surface area contributed by atoms with Crippen LogP contribution in [0.2, 0.25) is 0 Å². The number of nitrogens with one attached hydrogen (secondary N) is 4. The minimum absolute atomic E-state index is 0.0505. The molecule has 9 N–H and O–H groups in total. The predicted octanol–water partition coefficient (Wildman–Crippen LogP) is 0.352. The molecule has 41 heavy (non-hydrogen) atoms. The molecule has 0 aliphatic heterocycles. The summed E-state index contributed by atoms with van der Waals surface area (Å²) in [6.07, 6.45) is 0.643. The van der Waals surface area contributed by atoms with Gasteiger partial charge in [-0.3, -0.25) is 24.0 Å². The number of carboxylic acid groups (broad SMARTS) is 3. The fourth-order valence-corrected chi connectivity index (χ4v) is 4.16. The quantitative estimate of drug-likeness (QED) is 0.129. The zero-order chi connectivity index (χ0) is 30.7. The van der Waals surface area contributed by atoms with Crippen LogP contribution < -0.4 is 21.7 Å². The Morgan fingerprint density at radius 1 is 0.854 bits per heavy atom. The number of nitrogens with two attached hydrogens (primary N) is 1. The molecule has 1 aromatic heterocycles. The van der Waals surface area contributed by atoms with Crippen molar-refractivity contribution in [1.82, 2.24) is 20.9 Å². The van der Waals surface area contributed by atoms with Crippen LogP contribution in [-0.2, 0) is 35.2 Å². The van der Waals surface area contributed by atoms with E-state index in [9.17, 15) is 39.0 Å². The van der Waals surface area contributed by atoms with Gasteiger partial charge in [0.25, 0.3) is 0 Å². The van der Waals surface area contributed by atoms with Crippen molar-refractivity contribution in [3.8, 4) is 0 Å². The van der Waals surface area contributed by atoms with E-state index >= 15 is 0 Å². The molecule has 0 aliphatic carbocycles. The Kier molecular flexibility index (Phi) is 12.3. The third kappa shape index (κ3) is 9.90. The summed E-state index contributed by atoms with van der Waals surface area (Å²) in [7, 11) is 0. The van der Waals surface area contributed by atoms with Gasteiger partial charge >= 0.3 is 17.9 Å². The number of rotatable bonds is 17. The molecular weight excluding hydrogens is 538 g/mol. The topological polar surface area (TPSA) is 241 Å². The third-order valence-electron chi connectivity index (χ3n) is 6.79. The number of aromatic amines is 1. The summed E-state index contributed by atoms with van der Waals surface area (Å²) in [5, 5.41) is 35.8. The molecule has 1 aromatic carbocycles. The van der Waals surface area contributed by atoms with Crippen LogP contribution in [0.3, 0.4) is 0 Å². The number of benzene rings is 1. The maximum absolute atomic E-state index is 13.5. The highest BCUT2D eigenvalue weighted by molar-refractivity contribution is 5.95. The Labute approximate surface area is 236 Å². The summed E-state index contributed by atoms with van der Waals surface area (Å²) in [5.74, 6) is -6.63. The first kappa shape index (κ1) is 32.8. The number of carbonyl (C=O) groups excluding carboxylic acids is 3. The summed E-state index contributed by atoms with van der Waals surface area (Å²) in [6, 6.07) is 2.00. The minimum Gasteiger partial charge on any atom is -0.481 e. The lowest BCUT2D eigenvalue weighted by molar-refractivity contribution is -0.144. The highest BCUT2D eigenvalue weighted by Crippen LogP contribution is 2.19. The standard InChI is InChI=1S/C27H37N5O9/c1-3-14(2)23(27(40)41)32-25(38)19(9-11-22(35)36)30-26(39)20(31-24(37)17(28)8-10-21(33)34)12-15-13-29-18-7-5-4-6-16(15)18/h4-7,13-14,17,19-20,23,29H,3,8-12,28H2,1-2H3,(H,30,39)(H,31,37)(H,32,38)(H,33,34)(H,35,36)(H,40,41). The van der Waals surface area contributed by atoms with Crippen molar-refractivity contribution in [3.05, 3.63) is 36.0 Å². The van der Waals surface area contributed by atoms with Gasteiger partial charge in [-0.2, -0.15) is 0 Å². The number of aliphatic carboxylic acids is 3. The van der Waals surface area contributed by atoms with E-state index in [1.165, 1.54) is 0 Å². The van der Waals surface area contributed by atoms with Crippen molar-refractivity contribution in [1.29, 1.82) is 0 Å². The van der Waals surface area contributed by atoms with Crippen molar-refractivity contribution >= 4 is 46.5 Å². The largest absolute Gasteiger partial charge is 0.481 e. The number of hydrogen-bond donors (Lipinski definition) is 8. The number of hydrogen-bond acceptors (Lipinski definition) is 7. The van der Waals surface area contributed by atoms with Crippen molar-refractivity contribution in [2.45, 2.75) is 76.5 Å². The number of H-pyrrole nitrogens is 1. The monoisotopic (exact) mass is 575 g/mol. The van der Waals surface area contributed by atoms with Gasteiger partial charge in [0.2, 0.25) is 17.7 Å². The molecule has 0 aliphatic rings. The smallest absolute Gasteiger partial charge is 0.326 e. The number of carbonyl (C=O) groups is 6. The minimum atomic E-state index is -1.42. The lowest BCUT2D eigenvalue weighted by atomic mass is 9.98. The van der Waals surface area contributed by atoms with Gasteiger partial charge in [-0.25, -0.2) is 4.79 Å². The van der Waals surface area contributed by atoms with Crippen molar-refractivity contribution in [2.75, 3.05) is 0 Å². The van der Waals surface area contributed by atoms with Gasteiger partial charge in [0, 0.05) is 36.4 Å². The van der Waals surface area contributed by atoms with Gasteiger partial charge in [-0.05, 0) is 30.4 Å². The molecular formula is C27H37N5O9. The number of para-hydroxylation sites is 1. The maximum Gasteiger partial charge on any atom is 0.326 e. The molecule has 3 amide bonds. The summed E-state index contributed by atoms with van der Waals surface area (Å²) in [4.78, 5) is 76.3. The van der Waals surface area contributed by atoms with E-state index in [1.807, 2.05) is 12.1 Å². The summed E-state index contributed by atoms with van der Waals surface area (Å²) in [6.45, 7) is 3.37. The van der Waals surface area contributed by atoms with E-state index in [1.54, 1.807) is 32.2 Å². The van der Waals surface area contributed by atoms with E-state index in [4.69, 9.17) is 10.8 Å². The lowest BCUT2D eigenvalue weighted by Gasteiger charge is -2.26. The van der Waals surface area contributed by atoms with Gasteiger partial charge in [0.15, 0.2) is 0 Å². The first-order valence-corrected chi connectivity index (χ1v) is 13.2. The average molecular weight is 576 g/mol. The Bertz CT molecular complexity index is 1260. The molecule has 0 saturated heterocycles.